The Morgan fingerprint density at radius 2 is 1.58 bits per heavy atom. The summed E-state index contributed by atoms with van der Waals surface area (Å²) in [4.78, 5) is 12.9. The zero-order valence-electron chi connectivity index (χ0n) is 16.0. The molecule has 164 valence electrons. The lowest BCUT2D eigenvalue weighted by Gasteiger charge is -2.26. The van der Waals surface area contributed by atoms with E-state index in [0.717, 1.165) is 0 Å². The van der Waals surface area contributed by atoms with Crippen LogP contribution in [0.4, 0.5) is 13.2 Å². The number of sulfonamides is 1. The monoisotopic (exact) mass is 469 g/mol. The predicted octanol–water partition coefficient (Wildman–Crippen LogP) is 4.91. The van der Waals surface area contributed by atoms with Gasteiger partial charge in [-0.2, -0.15) is 17.9 Å². The summed E-state index contributed by atoms with van der Waals surface area (Å²) in [6.07, 6.45) is -3.25. The van der Waals surface area contributed by atoms with Gasteiger partial charge in [-0.05, 0) is 29.8 Å². The topological polar surface area (TPSA) is 76.4 Å². The molecule has 0 fully saturated rings. The minimum atomic E-state index is -4.55. The van der Waals surface area contributed by atoms with Gasteiger partial charge >= 0.3 is 6.18 Å². The number of nitrogens with one attached hydrogen (secondary N) is 1. The maximum atomic E-state index is 13.0. The first-order valence-corrected chi connectivity index (χ1v) is 11.5. The van der Waals surface area contributed by atoms with Gasteiger partial charge in [-0.3, -0.25) is 4.79 Å². The molecule has 0 saturated heterocycles. The van der Waals surface area contributed by atoms with Crippen LogP contribution < -0.4 is 4.72 Å². The van der Waals surface area contributed by atoms with E-state index in [-0.39, 0.29) is 22.4 Å². The third kappa shape index (κ3) is 6.22. The minimum absolute atomic E-state index is 0.0474. The predicted molar refractivity (Wildman–Crippen MR) is 111 cm³/mol. The number of halogens is 3. The van der Waals surface area contributed by atoms with E-state index >= 15 is 0 Å². The number of rotatable bonds is 8. The van der Waals surface area contributed by atoms with E-state index in [1.165, 1.54) is 42.7 Å². The Bertz CT molecular complexity index is 1090. The van der Waals surface area contributed by atoms with Gasteiger partial charge < -0.3 is 4.42 Å². The molecule has 1 aromatic heterocycles. The lowest BCUT2D eigenvalue weighted by Crippen LogP contribution is -2.35. The van der Waals surface area contributed by atoms with Crippen molar-refractivity contribution in [3.05, 3.63) is 90.4 Å². The molecule has 0 unspecified atom stereocenters. The maximum Gasteiger partial charge on any atom is 0.398 e. The van der Waals surface area contributed by atoms with Crippen molar-refractivity contribution in [2.24, 2.45) is 0 Å². The molecule has 3 rings (SSSR count). The fraction of sp³-hybridized carbons (Fsp3) is 0.190. The summed E-state index contributed by atoms with van der Waals surface area (Å²) in [6, 6.07) is 17.2. The van der Waals surface area contributed by atoms with Crippen molar-refractivity contribution in [2.75, 3.05) is 5.75 Å². The molecule has 0 spiro atoms. The van der Waals surface area contributed by atoms with Crippen molar-refractivity contribution < 1.29 is 30.8 Å². The van der Waals surface area contributed by atoms with Crippen molar-refractivity contribution in [1.82, 2.24) is 4.72 Å². The van der Waals surface area contributed by atoms with Gasteiger partial charge in [-0.25, -0.2) is 8.42 Å². The molecule has 0 radical (unpaired) electrons. The van der Waals surface area contributed by atoms with Crippen molar-refractivity contribution in [1.29, 1.82) is 0 Å². The van der Waals surface area contributed by atoms with E-state index < -0.39 is 39.0 Å². The van der Waals surface area contributed by atoms with Crippen LogP contribution in [0.2, 0.25) is 0 Å². The highest BCUT2D eigenvalue weighted by Gasteiger charge is 2.38. The number of carbonyl (C=O) groups excluding carboxylic acids is 1. The standard InChI is InChI=1S/C21H18F3NO4S2/c22-21(23,24)14-30-20(26)18(15-8-3-1-4-9-15)19(17-12-7-13-29-17)25-31(27,28)16-10-5-2-6-11-16/h1-13,18-19,25H,14H2/t18-,19+/m0/s1. The SMILES string of the molecule is O=C(SCC(F)(F)F)[C@@H](c1ccccc1)[C@H](NS(=O)(=O)c1ccccc1)c1ccco1. The largest absolute Gasteiger partial charge is 0.468 e. The van der Waals surface area contributed by atoms with Gasteiger partial charge in [0.1, 0.15) is 5.76 Å². The molecule has 0 aliphatic heterocycles. The Morgan fingerprint density at radius 1 is 0.968 bits per heavy atom. The molecule has 2 atom stereocenters. The van der Waals surface area contributed by atoms with E-state index in [1.807, 2.05) is 0 Å². The highest BCUT2D eigenvalue weighted by Crippen LogP contribution is 2.37. The molecule has 0 aliphatic carbocycles. The zero-order valence-corrected chi connectivity index (χ0v) is 17.6. The van der Waals surface area contributed by atoms with E-state index in [1.54, 1.807) is 36.4 Å². The zero-order chi connectivity index (χ0) is 22.5. The Hall–Kier alpha value is -2.56. The molecule has 1 N–H and O–H groups in total. The van der Waals surface area contributed by atoms with Crippen LogP contribution in [0.25, 0.3) is 0 Å². The Labute approximate surface area is 181 Å². The summed E-state index contributed by atoms with van der Waals surface area (Å²) in [5.74, 6) is -2.53. The summed E-state index contributed by atoms with van der Waals surface area (Å²) in [5.41, 5.74) is 0.360. The van der Waals surface area contributed by atoms with E-state index in [2.05, 4.69) is 4.72 Å². The van der Waals surface area contributed by atoms with Crippen molar-refractivity contribution >= 4 is 26.9 Å². The first-order valence-electron chi connectivity index (χ1n) is 9.06. The Kier molecular flexibility index (Phi) is 7.24. The summed E-state index contributed by atoms with van der Waals surface area (Å²) < 4.78 is 72.0. The first kappa shape index (κ1) is 23.1. The van der Waals surface area contributed by atoms with Gasteiger partial charge in [0, 0.05) is 0 Å². The highest BCUT2D eigenvalue weighted by molar-refractivity contribution is 8.13. The van der Waals surface area contributed by atoms with Crippen LogP contribution in [0.1, 0.15) is 23.3 Å². The lowest BCUT2D eigenvalue weighted by atomic mass is 9.91. The van der Waals surface area contributed by atoms with Crippen molar-refractivity contribution in [2.45, 2.75) is 23.0 Å². The summed E-state index contributed by atoms with van der Waals surface area (Å²) in [6.45, 7) is 0. The molecule has 0 bridgehead atoms. The molecule has 2 aromatic carbocycles. The van der Waals surface area contributed by atoms with E-state index in [0.29, 0.717) is 5.56 Å². The van der Waals surface area contributed by atoms with Crippen molar-refractivity contribution in [3.63, 3.8) is 0 Å². The number of hydrogen-bond acceptors (Lipinski definition) is 5. The van der Waals surface area contributed by atoms with E-state index in [9.17, 15) is 26.4 Å². The number of furan rings is 1. The fourth-order valence-electron chi connectivity index (χ4n) is 2.96. The molecule has 1 heterocycles. The van der Waals surface area contributed by atoms with Gasteiger partial charge in [-0.1, -0.05) is 60.3 Å². The number of thioether (sulfide) groups is 1. The van der Waals surface area contributed by atoms with Crippen LogP contribution >= 0.6 is 11.8 Å². The third-order valence-electron chi connectivity index (χ3n) is 4.31. The average Bonchev–Trinajstić information content (AvgIpc) is 3.27. The fourth-order valence-corrected chi connectivity index (χ4v) is 4.96. The second kappa shape index (κ2) is 9.71. The van der Waals surface area contributed by atoms with Crippen LogP contribution in [-0.4, -0.2) is 25.5 Å². The maximum absolute atomic E-state index is 13.0. The smallest absolute Gasteiger partial charge is 0.398 e. The highest BCUT2D eigenvalue weighted by atomic mass is 32.2. The molecule has 10 heteroatoms. The molecule has 31 heavy (non-hydrogen) atoms. The first-order chi connectivity index (χ1) is 14.7. The number of carbonyl (C=O) groups is 1. The minimum Gasteiger partial charge on any atom is -0.468 e. The third-order valence-corrected chi connectivity index (χ3v) is 6.78. The van der Waals surface area contributed by atoms with Crippen LogP contribution in [0.15, 0.2) is 88.4 Å². The number of alkyl halides is 3. The van der Waals surface area contributed by atoms with Crippen LogP contribution in [-0.2, 0) is 14.8 Å². The molecule has 0 aliphatic rings. The lowest BCUT2D eigenvalue weighted by molar-refractivity contribution is -0.115. The van der Waals surface area contributed by atoms with Gasteiger partial charge in [0.05, 0.1) is 28.9 Å². The average molecular weight is 470 g/mol. The van der Waals surface area contributed by atoms with Gasteiger partial charge in [0.2, 0.25) is 10.0 Å². The summed E-state index contributed by atoms with van der Waals surface area (Å²) >= 11 is 0.0933. The molecule has 5 nitrogen and oxygen atoms in total. The van der Waals surface area contributed by atoms with Gasteiger partial charge in [-0.15, -0.1) is 0 Å². The molecule has 3 aromatic rings. The van der Waals surface area contributed by atoms with Gasteiger partial charge in [0.15, 0.2) is 5.12 Å². The Balaban J connectivity index is 2.03. The number of hydrogen-bond donors (Lipinski definition) is 1. The molecular formula is C21H18F3NO4S2. The van der Waals surface area contributed by atoms with E-state index in [4.69, 9.17) is 4.42 Å². The van der Waals surface area contributed by atoms with Crippen molar-refractivity contribution in [3.8, 4) is 0 Å². The van der Waals surface area contributed by atoms with Crippen LogP contribution in [0.5, 0.6) is 0 Å². The quantitative estimate of drug-likeness (QED) is 0.508. The van der Waals surface area contributed by atoms with Crippen LogP contribution in [0, 0.1) is 0 Å². The normalized spacial score (nSPS) is 14.2. The second-order valence-corrected chi connectivity index (χ2v) is 9.23. The summed E-state index contributed by atoms with van der Waals surface area (Å²) in [7, 11) is -4.11. The molecule has 0 amide bonds. The van der Waals surface area contributed by atoms with Crippen LogP contribution in [0.3, 0.4) is 0 Å². The number of benzene rings is 2. The van der Waals surface area contributed by atoms with Gasteiger partial charge in [0.25, 0.3) is 0 Å². The Morgan fingerprint density at radius 3 is 2.13 bits per heavy atom. The summed E-state index contributed by atoms with van der Waals surface area (Å²) in [5, 5.41) is -0.833. The second-order valence-electron chi connectivity index (χ2n) is 6.54. The molecular weight excluding hydrogens is 451 g/mol. The molecule has 0 saturated carbocycles.